The molecule has 3 rings (SSSR count). The SMILES string of the molecule is O=c1[nH]c2ccccc2cc1-c1ccc([N+](=O)[O-])cc1. The number of nitro groups is 1. The first-order valence-corrected chi connectivity index (χ1v) is 6.02. The standard InChI is InChI=1S/C15H10N2O3/c18-15-13(9-11-3-1-2-4-14(11)16-15)10-5-7-12(8-6-10)17(19)20/h1-9H,(H,16,18). The summed E-state index contributed by atoms with van der Waals surface area (Å²) in [7, 11) is 0. The summed E-state index contributed by atoms with van der Waals surface area (Å²) in [5, 5.41) is 11.5. The van der Waals surface area contributed by atoms with Crippen LogP contribution < -0.4 is 5.56 Å². The Morgan fingerprint density at radius 1 is 1.00 bits per heavy atom. The van der Waals surface area contributed by atoms with Crippen LogP contribution in [-0.4, -0.2) is 9.91 Å². The topological polar surface area (TPSA) is 76.0 Å². The minimum atomic E-state index is -0.464. The van der Waals surface area contributed by atoms with Gasteiger partial charge < -0.3 is 4.98 Å². The number of para-hydroxylation sites is 1. The summed E-state index contributed by atoms with van der Waals surface area (Å²) in [6.07, 6.45) is 0. The molecule has 1 heterocycles. The van der Waals surface area contributed by atoms with Gasteiger partial charge in [-0.05, 0) is 35.2 Å². The summed E-state index contributed by atoms with van der Waals surface area (Å²) in [5.41, 5.74) is 1.72. The summed E-state index contributed by atoms with van der Waals surface area (Å²) in [6.45, 7) is 0. The number of nitro benzene ring substituents is 1. The summed E-state index contributed by atoms with van der Waals surface area (Å²) in [4.78, 5) is 25.0. The highest BCUT2D eigenvalue weighted by Gasteiger charge is 2.08. The fraction of sp³-hybridized carbons (Fsp3) is 0. The Hall–Kier alpha value is -2.95. The van der Waals surface area contributed by atoms with Gasteiger partial charge in [0.05, 0.1) is 4.92 Å². The van der Waals surface area contributed by atoms with E-state index in [1.807, 2.05) is 24.3 Å². The molecule has 0 aliphatic rings. The average molecular weight is 266 g/mol. The Kier molecular flexibility index (Phi) is 2.80. The van der Waals surface area contributed by atoms with Crippen molar-refractivity contribution in [3.8, 4) is 11.1 Å². The lowest BCUT2D eigenvalue weighted by Crippen LogP contribution is -2.08. The first kappa shape index (κ1) is 12.1. The molecule has 0 aliphatic heterocycles. The molecule has 0 unspecified atom stereocenters. The molecular weight excluding hydrogens is 256 g/mol. The van der Waals surface area contributed by atoms with E-state index in [2.05, 4.69) is 4.98 Å². The van der Waals surface area contributed by atoms with Crippen LogP contribution in [0.1, 0.15) is 0 Å². The van der Waals surface area contributed by atoms with Crippen molar-refractivity contribution in [1.29, 1.82) is 0 Å². The van der Waals surface area contributed by atoms with E-state index in [1.54, 1.807) is 18.2 Å². The van der Waals surface area contributed by atoms with Crippen LogP contribution in [0.5, 0.6) is 0 Å². The highest BCUT2D eigenvalue weighted by Crippen LogP contribution is 2.22. The first-order chi connectivity index (χ1) is 9.65. The molecule has 0 amide bonds. The molecule has 20 heavy (non-hydrogen) atoms. The molecule has 1 aromatic heterocycles. The van der Waals surface area contributed by atoms with Crippen LogP contribution in [-0.2, 0) is 0 Å². The number of hydrogen-bond acceptors (Lipinski definition) is 3. The molecule has 0 aliphatic carbocycles. The van der Waals surface area contributed by atoms with Gasteiger partial charge in [-0.2, -0.15) is 0 Å². The Labute approximate surface area is 113 Å². The van der Waals surface area contributed by atoms with E-state index in [4.69, 9.17) is 0 Å². The van der Waals surface area contributed by atoms with Gasteiger partial charge in [0.15, 0.2) is 0 Å². The number of nitrogens with one attached hydrogen (secondary N) is 1. The number of hydrogen-bond donors (Lipinski definition) is 1. The molecule has 0 radical (unpaired) electrons. The number of aromatic nitrogens is 1. The van der Waals surface area contributed by atoms with E-state index in [9.17, 15) is 14.9 Å². The minimum absolute atomic E-state index is 0.00553. The monoisotopic (exact) mass is 266 g/mol. The molecule has 0 saturated carbocycles. The van der Waals surface area contributed by atoms with Gasteiger partial charge in [0.1, 0.15) is 0 Å². The van der Waals surface area contributed by atoms with E-state index in [0.29, 0.717) is 11.1 Å². The third kappa shape index (κ3) is 2.05. The number of pyridine rings is 1. The van der Waals surface area contributed by atoms with E-state index >= 15 is 0 Å². The Morgan fingerprint density at radius 2 is 1.70 bits per heavy atom. The largest absolute Gasteiger partial charge is 0.321 e. The van der Waals surface area contributed by atoms with E-state index in [-0.39, 0.29) is 11.2 Å². The molecule has 0 spiro atoms. The van der Waals surface area contributed by atoms with E-state index < -0.39 is 4.92 Å². The Morgan fingerprint density at radius 3 is 2.40 bits per heavy atom. The van der Waals surface area contributed by atoms with E-state index in [0.717, 1.165) is 10.9 Å². The van der Waals surface area contributed by atoms with Gasteiger partial charge in [0.25, 0.3) is 11.2 Å². The maximum absolute atomic E-state index is 12.1. The quantitative estimate of drug-likeness (QED) is 0.572. The van der Waals surface area contributed by atoms with Crippen LogP contribution in [0.4, 0.5) is 5.69 Å². The summed E-state index contributed by atoms with van der Waals surface area (Å²) >= 11 is 0. The van der Waals surface area contributed by atoms with Gasteiger partial charge in [0.2, 0.25) is 0 Å². The van der Waals surface area contributed by atoms with Gasteiger partial charge in [0, 0.05) is 23.2 Å². The molecule has 5 heteroatoms. The van der Waals surface area contributed by atoms with Gasteiger partial charge in [-0.1, -0.05) is 18.2 Å². The number of rotatable bonds is 2. The predicted molar refractivity (Wildman–Crippen MR) is 76.7 cm³/mol. The molecule has 5 nitrogen and oxygen atoms in total. The fourth-order valence-corrected chi connectivity index (χ4v) is 2.12. The van der Waals surface area contributed by atoms with Gasteiger partial charge in [-0.25, -0.2) is 0 Å². The first-order valence-electron chi connectivity index (χ1n) is 6.02. The highest BCUT2D eigenvalue weighted by atomic mass is 16.6. The van der Waals surface area contributed by atoms with Crippen molar-refractivity contribution in [3.05, 3.63) is 75.1 Å². The minimum Gasteiger partial charge on any atom is -0.321 e. The second kappa shape index (κ2) is 4.62. The van der Waals surface area contributed by atoms with Crippen LogP contribution in [0.15, 0.2) is 59.4 Å². The van der Waals surface area contributed by atoms with Crippen molar-refractivity contribution < 1.29 is 4.92 Å². The molecule has 0 fully saturated rings. The lowest BCUT2D eigenvalue weighted by molar-refractivity contribution is -0.384. The fourth-order valence-electron chi connectivity index (χ4n) is 2.12. The summed E-state index contributed by atoms with van der Waals surface area (Å²) in [5.74, 6) is 0. The number of benzene rings is 2. The van der Waals surface area contributed by atoms with Crippen molar-refractivity contribution in [2.24, 2.45) is 0 Å². The van der Waals surface area contributed by atoms with Crippen LogP contribution in [0.25, 0.3) is 22.0 Å². The van der Waals surface area contributed by atoms with E-state index in [1.165, 1.54) is 12.1 Å². The third-order valence-electron chi connectivity index (χ3n) is 3.14. The van der Waals surface area contributed by atoms with Gasteiger partial charge in [-0.15, -0.1) is 0 Å². The normalized spacial score (nSPS) is 10.6. The van der Waals surface area contributed by atoms with Crippen molar-refractivity contribution in [1.82, 2.24) is 4.98 Å². The Bertz CT molecular complexity index is 851. The van der Waals surface area contributed by atoms with Gasteiger partial charge >= 0.3 is 0 Å². The maximum atomic E-state index is 12.1. The summed E-state index contributed by atoms with van der Waals surface area (Å²) < 4.78 is 0. The summed E-state index contributed by atoms with van der Waals surface area (Å²) in [6, 6.07) is 15.2. The van der Waals surface area contributed by atoms with Crippen LogP contribution in [0.3, 0.4) is 0 Å². The smallest absolute Gasteiger partial charge is 0.269 e. The lowest BCUT2D eigenvalue weighted by Gasteiger charge is -2.03. The molecule has 98 valence electrons. The molecule has 0 atom stereocenters. The van der Waals surface area contributed by atoms with Crippen molar-refractivity contribution >= 4 is 16.6 Å². The molecule has 0 bridgehead atoms. The van der Waals surface area contributed by atoms with Crippen molar-refractivity contribution in [2.45, 2.75) is 0 Å². The number of non-ortho nitro benzene ring substituents is 1. The van der Waals surface area contributed by atoms with Gasteiger partial charge in [-0.3, -0.25) is 14.9 Å². The lowest BCUT2D eigenvalue weighted by atomic mass is 10.0. The number of H-pyrrole nitrogens is 1. The van der Waals surface area contributed by atoms with Crippen LogP contribution >= 0.6 is 0 Å². The highest BCUT2D eigenvalue weighted by molar-refractivity contribution is 5.83. The molecule has 0 saturated heterocycles. The number of fused-ring (bicyclic) bond motifs is 1. The second-order valence-electron chi connectivity index (χ2n) is 4.40. The Balaban J connectivity index is 2.16. The molecule has 2 aromatic carbocycles. The molecular formula is C15H10N2O3. The van der Waals surface area contributed by atoms with Crippen molar-refractivity contribution in [3.63, 3.8) is 0 Å². The average Bonchev–Trinajstić information content (AvgIpc) is 2.46. The third-order valence-corrected chi connectivity index (χ3v) is 3.14. The molecule has 1 N–H and O–H groups in total. The number of nitrogens with zero attached hydrogens (tertiary/aromatic N) is 1. The predicted octanol–water partition coefficient (Wildman–Crippen LogP) is 3.10. The second-order valence-corrected chi connectivity index (χ2v) is 4.40. The zero-order chi connectivity index (χ0) is 14.1. The molecule has 3 aromatic rings. The zero-order valence-electron chi connectivity index (χ0n) is 10.4. The number of aromatic amines is 1. The van der Waals surface area contributed by atoms with Crippen molar-refractivity contribution in [2.75, 3.05) is 0 Å². The van der Waals surface area contributed by atoms with Crippen LogP contribution in [0, 0.1) is 10.1 Å². The zero-order valence-corrected chi connectivity index (χ0v) is 10.4. The van der Waals surface area contributed by atoms with Crippen LogP contribution in [0.2, 0.25) is 0 Å². The maximum Gasteiger partial charge on any atom is 0.269 e.